The Balaban J connectivity index is 1.07. The number of nitrogens with zero attached hydrogens (tertiary/aromatic N) is 2. The lowest BCUT2D eigenvalue weighted by atomic mass is 9.84. The third-order valence-electron chi connectivity index (χ3n) is 14.0. The van der Waals surface area contributed by atoms with Crippen molar-refractivity contribution in [2.45, 2.75) is 92.5 Å². The molecule has 0 aromatic heterocycles. The summed E-state index contributed by atoms with van der Waals surface area (Å²) in [5, 5.41) is 10.4. The maximum Gasteiger partial charge on any atom is 0.0561 e. The lowest BCUT2D eigenvalue weighted by molar-refractivity contribution is 0.589. The maximum absolute atomic E-state index is 3.84. The van der Waals surface area contributed by atoms with E-state index in [9.17, 15) is 0 Å². The van der Waals surface area contributed by atoms with Gasteiger partial charge in [-0.2, -0.15) is 0 Å². The van der Waals surface area contributed by atoms with E-state index >= 15 is 0 Å². The van der Waals surface area contributed by atoms with E-state index in [1.807, 2.05) is 0 Å². The monoisotopic (exact) mass is 988 g/mol. The fourth-order valence-electron chi connectivity index (χ4n) is 10.7. The van der Waals surface area contributed by atoms with Gasteiger partial charge in [0.1, 0.15) is 0 Å². The van der Waals surface area contributed by atoms with Crippen LogP contribution in [0.2, 0.25) is 0 Å². The molecule has 0 saturated carbocycles. The summed E-state index contributed by atoms with van der Waals surface area (Å²) in [6.07, 6.45) is 8.10. The molecule has 0 N–H and O–H groups in total. The lowest BCUT2D eigenvalue weighted by Gasteiger charge is -2.38. The Hall–Kier alpha value is -5.68. The van der Waals surface area contributed by atoms with Crippen LogP contribution in [0.15, 0.2) is 166 Å². The fraction of sp³-hybridized carbons (Fsp3) is 0.226. The van der Waals surface area contributed by atoms with Crippen LogP contribution in [-0.4, -0.2) is 6.04 Å². The van der Waals surface area contributed by atoms with Gasteiger partial charge < -0.3 is 9.80 Å². The van der Waals surface area contributed by atoms with Gasteiger partial charge in [0.25, 0.3) is 0 Å². The van der Waals surface area contributed by atoms with Gasteiger partial charge in [0, 0.05) is 31.7 Å². The van der Waals surface area contributed by atoms with Crippen LogP contribution >= 0.6 is 31.9 Å². The van der Waals surface area contributed by atoms with Gasteiger partial charge in [0.05, 0.1) is 11.7 Å². The third-order valence-corrected chi connectivity index (χ3v) is 15.2. The Morgan fingerprint density at radius 2 is 0.985 bits per heavy atom. The molecule has 0 fully saturated rings. The topological polar surface area (TPSA) is 6.48 Å². The molecule has 9 aromatic carbocycles. The highest BCUT2D eigenvalue weighted by molar-refractivity contribution is 9.11. The predicted molar refractivity (Wildman–Crippen MR) is 294 cm³/mol. The second-order valence-electron chi connectivity index (χ2n) is 20.6. The van der Waals surface area contributed by atoms with E-state index in [0.717, 1.165) is 21.1 Å². The second-order valence-corrected chi connectivity index (χ2v) is 22.4. The molecule has 1 atom stereocenters. The van der Waals surface area contributed by atoms with Crippen LogP contribution < -0.4 is 9.80 Å². The van der Waals surface area contributed by atoms with Crippen LogP contribution in [0, 0.1) is 27.7 Å². The van der Waals surface area contributed by atoms with Gasteiger partial charge in [-0.3, -0.25) is 0 Å². The van der Waals surface area contributed by atoms with Gasteiger partial charge in [0.2, 0.25) is 0 Å². The van der Waals surface area contributed by atoms with Crippen molar-refractivity contribution in [2.24, 2.45) is 0 Å². The molecule has 4 heteroatoms. The Bertz CT molecular complexity index is 3350. The van der Waals surface area contributed by atoms with Crippen molar-refractivity contribution in [3.63, 3.8) is 0 Å². The molecule has 0 bridgehead atoms. The zero-order valence-corrected chi connectivity index (χ0v) is 43.0. The summed E-state index contributed by atoms with van der Waals surface area (Å²) in [5.41, 5.74) is 16.4. The van der Waals surface area contributed by atoms with E-state index < -0.39 is 0 Å². The summed E-state index contributed by atoms with van der Waals surface area (Å²) in [5.74, 6) is 0. The summed E-state index contributed by atoms with van der Waals surface area (Å²) in [6, 6.07) is 50.5. The highest BCUT2D eigenvalue weighted by Crippen LogP contribution is 2.46. The quantitative estimate of drug-likeness (QED) is 0.116. The van der Waals surface area contributed by atoms with Gasteiger partial charge in [-0.05, 0) is 181 Å². The first kappa shape index (κ1) is 44.2. The van der Waals surface area contributed by atoms with E-state index in [0.29, 0.717) is 0 Å². The molecule has 2 nitrogen and oxygen atoms in total. The Kier molecular flexibility index (Phi) is 11.1. The van der Waals surface area contributed by atoms with E-state index in [1.54, 1.807) is 0 Å². The van der Waals surface area contributed by atoms with E-state index in [1.165, 1.54) is 110 Å². The number of hydrogen-bond acceptors (Lipinski definition) is 2. The lowest BCUT2D eigenvalue weighted by Crippen LogP contribution is -2.32. The molecule has 0 heterocycles. The number of hydrogen-bond donors (Lipinski definition) is 0. The van der Waals surface area contributed by atoms with Crippen molar-refractivity contribution in [3.05, 3.63) is 200 Å². The molecule has 1 aliphatic carbocycles. The number of benzene rings is 9. The number of rotatable bonds is 7. The molecule has 0 aliphatic heterocycles. The van der Waals surface area contributed by atoms with Crippen molar-refractivity contribution in [2.75, 3.05) is 9.80 Å². The van der Waals surface area contributed by atoms with Crippen molar-refractivity contribution in [1.29, 1.82) is 0 Å². The Morgan fingerprint density at radius 3 is 1.53 bits per heavy atom. The normalized spacial score (nSPS) is 14.5. The van der Waals surface area contributed by atoms with Crippen LogP contribution in [0.25, 0.3) is 54.2 Å². The molecule has 9 aromatic rings. The van der Waals surface area contributed by atoms with E-state index in [4.69, 9.17) is 0 Å². The van der Waals surface area contributed by atoms with E-state index in [2.05, 4.69) is 263 Å². The summed E-state index contributed by atoms with van der Waals surface area (Å²) in [7, 11) is 0. The van der Waals surface area contributed by atoms with Gasteiger partial charge >= 0.3 is 0 Å². The van der Waals surface area contributed by atoms with Crippen LogP contribution in [0.3, 0.4) is 0 Å². The molecule has 10 rings (SSSR count). The van der Waals surface area contributed by atoms with Crippen molar-refractivity contribution < 1.29 is 0 Å². The Labute approximate surface area is 408 Å². The number of fused-ring (bicyclic) bond motifs is 2. The molecule has 1 unspecified atom stereocenters. The SMILES string of the molecule is Cc1cc(C(C)(C)C)cc(C)c1N(C1=CCC(N(c2ccc(Br)cc2)c2c(C)cc(C(C)(C)C)cc2C)C=C1)c1ccc(-c2ccc3c4ccc(Br)c5cccc(c6cccc2c63)c54)cc1. The second kappa shape index (κ2) is 16.6. The van der Waals surface area contributed by atoms with Gasteiger partial charge in [-0.1, -0.05) is 177 Å². The third kappa shape index (κ3) is 7.64. The summed E-state index contributed by atoms with van der Waals surface area (Å²) < 4.78 is 2.21. The van der Waals surface area contributed by atoms with Crippen LogP contribution in [0.1, 0.15) is 81.3 Å². The molecule has 0 radical (unpaired) electrons. The molecule has 66 heavy (non-hydrogen) atoms. The molecule has 0 amide bonds. The number of anilines is 4. The minimum absolute atomic E-state index is 0.0414. The van der Waals surface area contributed by atoms with Crippen LogP contribution in [-0.2, 0) is 10.8 Å². The summed E-state index contributed by atoms with van der Waals surface area (Å²) in [4.78, 5) is 5.05. The zero-order valence-electron chi connectivity index (χ0n) is 39.9. The average Bonchev–Trinajstić information content (AvgIpc) is 3.28. The first-order chi connectivity index (χ1) is 31.5. The van der Waals surface area contributed by atoms with Gasteiger partial charge in [-0.25, -0.2) is 0 Å². The predicted octanol–water partition coefficient (Wildman–Crippen LogP) is 18.9. The largest absolute Gasteiger partial charge is 0.334 e. The minimum atomic E-state index is 0.0414. The maximum atomic E-state index is 3.84. The standard InChI is InChI=1S/C62H58Br2N2/c1-37-33-42(61(5,6)7)34-38(2)59(37)65(47-25-27-48(28-26-47)66(46-23-19-44(63)20-24-46)60-39(3)35-43(36-40(60)4)62(8,9)10)45-21-17-41(18-22-45)49-29-30-53-54-31-32-56(64)55-16-12-15-52(58(54)55)51-14-11-13-50(49)57(51)53/h11-27,29-36,48H,28H2,1-10H3. The van der Waals surface area contributed by atoms with Crippen molar-refractivity contribution in [1.82, 2.24) is 0 Å². The smallest absolute Gasteiger partial charge is 0.0561 e. The molecule has 0 saturated heterocycles. The molecule has 330 valence electrons. The molecular weight excluding hydrogens is 933 g/mol. The van der Waals surface area contributed by atoms with Crippen LogP contribution in [0.4, 0.5) is 22.7 Å². The Morgan fingerprint density at radius 1 is 0.500 bits per heavy atom. The average molecular weight is 991 g/mol. The fourth-order valence-corrected chi connectivity index (χ4v) is 11.4. The van der Waals surface area contributed by atoms with Crippen molar-refractivity contribution in [3.8, 4) is 11.1 Å². The summed E-state index contributed by atoms with van der Waals surface area (Å²) >= 11 is 7.54. The number of aryl methyl sites for hydroxylation is 4. The van der Waals surface area contributed by atoms with Crippen molar-refractivity contribution >= 4 is 97.7 Å². The zero-order chi connectivity index (χ0) is 46.4. The number of allylic oxidation sites excluding steroid dienone is 1. The van der Waals surface area contributed by atoms with Gasteiger partial charge in [-0.15, -0.1) is 0 Å². The van der Waals surface area contributed by atoms with E-state index in [-0.39, 0.29) is 16.9 Å². The highest BCUT2D eigenvalue weighted by Gasteiger charge is 2.28. The minimum Gasteiger partial charge on any atom is -0.334 e. The highest BCUT2D eigenvalue weighted by atomic mass is 79.9. The summed E-state index contributed by atoms with van der Waals surface area (Å²) in [6.45, 7) is 22.9. The number of halogens is 2. The molecular formula is C62H58Br2N2. The van der Waals surface area contributed by atoms with Crippen LogP contribution in [0.5, 0.6) is 0 Å². The first-order valence-corrected chi connectivity index (χ1v) is 24.9. The first-order valence-electron chi connectivity index (χ1n) is 23.3. The van der Waals surface area contributed by atoms with Gasteiger partial charge in [0.15, 0.2) is 0 Å². The molecule has 0 spiro atoms. The molecule has 1 aliphatic rings.